The van der Waals surface area contributed by atoms with Crippen LogP contribution < -0.4 is 4.18 Å². The second-order valence-electron chi connectivity index (χ2n) is 3.65. The highest BCUT2D eigenvalue weighted by Crippen LogP contribution is 2.26. The van der Waals surface area contributed by atoms with E-state index in [0.29, 0.717) is 9.92 Å². The van der Waals surface area contributed by atoms with E-state index in [2.05, 4.69) is 0 Å². The van der Waals surface area contributed by atoms with Gasteiger partial charge in [0.15, 0.2) is 0 Å². The number of hydrogen-bond donors (Lipinski definition) is 0. The van der Waals surface area contributed by atoms with Crippen LogP contribution in [-0.2, 0) is 11.1 Å². The quantitative estimate of drug-likeness (QED) is 0.627. The summed E-state index contributed by atoms with van der Waals surface area (Å²) in [5.74, 6) is 0.128. The summed E-state index contributed by atoms with van der Waals surface area (Å²) in [7, 11) is 0. The van der Waals surface area contributed by atoms with Crippen molar-refractivity contribution in [2.75, 3.05) is 0 Å². The zero-order valence-electron chi connectivity index (χ0n) is 9.79. The van der Waals surface area contributed by atoms with Crippen LogP contribution in [0.2, 0.25) is 10.0 Å². The smallest absolute Gasteiger partial charge is 0.273 e. The summed E-state index contributed by atoms with van der Waals surface area (Å²) in [6.45, 7) is 0. The molecule has 5 nitrogen and oxygen atoms in total. The minimum atomic E-state index is -1.84. The van der Waals surface area contributed by atoms with Crippen molar-refractivity contribution in [3.63, 3.8) is 0 Å². The molecule has 0 spiro atoms. The van der Waals surface area contributed by atoms with E-state index >= 15 is 0 Å². The fourth-order valence-corrected chi connectivity index (χ4v) is 2.50. The molecule has 0 saturated carbocycles. The summed E-state index contributed by atoms with van der Waals surface area (Å²) < 4.78 is 17.1. The minimum absolute atomic E-state index is 0.128. The summed E-state index contributed by atoms with van der Waals surface area (Å²) in [4.78, 5) is 10.4. The van der Waals surface area contributed by atoms with Gasteiger partial charge in [0.25, 0.3) is 5.69 Å². The van der Waals surface area contributed by atoms with Crippen LogP contribution in [0.15, 0.2) is 47.4 Å². The van der Waals surface area contributed by atoms with Gasteiger partial charge in [-0.1, -0.05) is 29.3 Å². The molecule has 104 valence electrons. The highest BCUT2D eigenvalue weighted by atomic mass is 35.5. The molecule has 0 aromatic heterocycles. The summed E-state index contributed by atoms with van der Waals surface area (Å²) in [5, 5.41) is 11.2. The molecule has 2 rings (SSSR count). The first-order valence-corrected chi connectivity index (χ1v) is 7.10. The summed E-state index contributed by atoms with van der Waals surface area (Å²) >= 11 is 9.73. The first kappa shape index (κ1) is 14.8. The molecule has 0 aliphatic rings. The first-order valence-electron chi connectivity index (χ1n) is 5.27. The van der Waals surface area contributed by atoms with E-state index in [0.717, 1.165) is 0 Å². The van der Waals surface area contributed by atoms with Gasteiger partial charge in [-0.3, -0.25) is 10.1 Å². The van der Waals surface area contributed by atoms with E-state index < -0.39 is 16.0 Å². The molecular formula is C12H7Cl2NO4S. The Morgan fingerprint density at radius 3 is 2.50 bits per heavy atom. The fraction of sp³-hybridized carbons (Fsp3) is 0. The summed E-state index contributed by atoms with van der Waals surface area (Å²) in [6, 6.07) is 9.83. The van der Waals surface area contributed by atoms with Gasteiger partial charge in [0.05, 0.1) is 25.9 Å². The first-order chi connectivity index (χ1) is 9.47. The van der Waals surface area contributed by atoms with E-state index in [1.807, 2.05) is 0 Å². The number of nitro groups is 1. The predicted octanol–water partition coefficient (Wildman–Crippen LogP) is 4.00. The van der Waals surface area contributed by atoms with Gasteiger partial charge in [-0.05, 0) is 24.3 Å². The fourth-order valence-electron chi connectivity index (χ4n) is 1.36. The molecular weight excluding hydrogens is 325 g/mol. The van der Waals surface area contributed by atoms with Crippen molar-refractivity contribution in [3.05, 3.63) is 62.6 Å². The largest absolute Gasteiger partial charge is 0.397 e. The van der Waals surface area contributed by atoms with Gasteiger partial charge < -0.3 is 4.18 Å². The van der Waals surface area contributed by atoms with Crippen molar-refractivity contribution in [2.24, 2.45) is 0 Å². The number of non-ortho nitro benzene ring substituents is 1. The lowest BCUT2D eigenvalue weighted by Gasteiger charge is -2.05. The van der Waals surface area contributed by atoms with E-state index in [4.69, 9.17) is 27.4 Å². The van der Waals surface area contributed by atoms with Crippen molar-refractivity contribution in [1.82, 2.24) is 0 Å². The maximum absolute atomic E-state index is 12.0. The third kappa shape index (κ3) is 3.47. The third-order valence-corrected chi connectivity index (χ3v) is 4.01. The van der Waals surface area contributed by atoms with Crippen molar-refractivity contribution in [1.29, 1.82) is 0 Å². The number of benzene rings is 2. The second kappa shape index (κ2) is 6.21. The molecule has 0 bridgehead atoms. The van der Waals surface area contributed by atoms with Gasteiger partial charge in [-0.25, -0.2) is 4.21 Å². The minimum Gasteiger partial charge on any atom is -0.397 e. The van der Waals surface area contributed by atoms with Crippen LogP contribution >= 0.6 is 23.2 Å². The van der Waals surface area contributed by atoms with Crippen LogP contribution in [0, 0.1) is 10.1 Å². The molecule has 0 amide bonds. The number of nitro benzene ring substituents is 1. The van der Waals surface area contributed by atoms with Crippen LogP contribution in [-0.4, -0.2) is 9.13 Å². The molecule has 0 N–H and O–H groups in total. The summed E-state index contributed by atoms with van der Waals surface area (Å²) in [6.07, 6.45) is 0. The van der Waals surface area contributed by atoms with E-state index in [-0.39, 0.29) is 16.5 Å². The van der Waals surface area contributed by atoms with E-state index in [1.165, 1.54) is 42.5 Å². The van der Waals surface area contributed by atoms with Gasteiger partial charge in [0, 0.05) is 6.07 Å². The van der Waals surface area contributed by atoms with E-state index in [9.17, 15) is 14.3 Å². The van der Waals surface area contributed by atoms with Gasteiger partial charge >= 0.3 is 0 Å². The molecule has 0 saturated heterocycles. The highest BCUT2D eigenvalue weighted by Gasteiger charge is 2.12. The van der Waals surface area contributed by atoms with Gasteiger partial charge in [-0.2, -0.15) is 0 Å². The van der Waals surface area contributed by atoms with Gasteiger partial charge in [0.2, 0.25) is 11.1 Å². The zero-order chi connectivity index (χ0) is 14.7. The molecule has 0 fully saturated rings. The highest BCUT2D eigenvalue weighted by molar-refractivity contribution is 7.80. The molecule has 0 heterocycles. The second-order valence-corrected chi connectivity index (χ2v) is 5.57. The van der Waals surface area contributed by atoms with Crippen LogP contribution in [0.3, 0.4) is 0 Å². The number of nitrogens with zero attached hydrogens (tertiary/aromatic N) is 1. The van der Waals surface area contributed by atoms with Crippen LogP contribution in [0.25, 0.3) is 0 Å². The maximum Gasteiger partial charge on any atom is 0.273 e. The Balaban J connectivity index is 2.21. The van der Waals surface area contributed by atoms with Crippen molar-refractivity contribution in [3.8, 4) is 5.75 Å². The summed E-state index contributed by atoms with van der Waals surface area (Å²) in [5.41, 5.74) is -0.145. The molecule has 2 aromatic carbocycles. The maximum atomic E-state index is 12.0. The molecule has 0 aliphatic heterocycles. The SMILES string of the molecule is O=[N+]([O-])c1cccc(OS(=O)c2ccc(Cl)c(Cl)c2)c1. The van der Waals surface area contributed by atoms with Crippen molar-refractivity contribution < 1.29 is 13.3 Å². The van der Waals surface area contributed by atoms with Gasteiger partial charge in [-0.15, -0.1) is 0 Å². The molecule has 0 aliphatic carbocycles. The standard InChI is InChI=1S/C12H7Cl2NO4S/c13-11-5-4-10(7-12(11)14)20(18)19-9-3-1-2-8(6-9)15(16)17/h1-7H. The lowest BCUT2D eigenvalue weighted by atomic mass is 10.3. The average Bonchev–Trinajstić information content (AvgIpc) is 2.42. The van der Waals surface area contributed by atoms with Crippen LogP contribution in [0.4, 0.5) is 5.69 Å². The lowest BCUT2D eigenvalue weighted by molar-refractivity contribution is -0.384. The molecule has 8 heteroatoms. The normalized spacial score (nSPS) is 11.9. The molecule has 20 heavy (non-hydrogen) atoms. The Labute approximate surface area is 126 Å². The average molecular weight is 332 g/mol. The lowest BCUT2D eigenvalue weighted by Crippen LogP contribution is -2.01. The number of halogens is 2. The zero-order valence-corrected chi connectivity index (χ0v) is 12.1. The van der Waals surface area contributed by atoms with Crippen molar-refractivity contribution in [2.45, 2.75) is 4.90 Å². The molecule has 1 unspecified atom stereocenters. The Bertz CT molecular complexity index is 693. The molecule has 1 atom stereocenters. The molecule has 2 aromatic rings. The number of hydrogen-bond acceptors (Lipinski definition) is 4. The third-order valence-electron chi connectivity index (χ3n) is 2.28. The van der Waals surface area contributed by atoms with E-state index in [1.54, 1.807) is 0 Å². The number of rotatable bonds is 4. The monoisotopic (exact) mass is 331 g/mol. The Morgan fingerprint density at radius 2 is 1.85 bits per heavy atom. The van der Waals surface area contributed by atoms with Crippen molar-refractivity contribution >= 4 is 40.0 Å². The Hall–Kier alpha value is -1.63. The Kier molecular flexibility index (Phi) is 4.59. The van der Waals surface area contributed by atoms with Gasteiger partial charge in [0.1, 0.15) is 5.75 Å². The van der Waals surface area contributed by atoms with Crippen LogP contribution in [0.5, 0.6) is 5.75 Å². The predicted molar refractivity (Wildman–Crippen MR) is 76.6 cm³/mol. The molecule has 0 radical (unpaired) electrons. The Morgan fingerprint density at radius 1 is 1.10 bits per heavy atom. The topological polar surface area (TPSA) is 69.4 Å². The van der Waals surface area contributed by atoms with Crippen LogP contribution in [0.1, 0.15) is 0 Å².